The molecule has 80 valence electrons. The lowest BCUT2D eigenvalue weighted by molar-refractivity contribution is 0.0342. The van der Waals surface area contributed by atoms with Gasteiger partial charge in [0, 0.05) is 5.41 Å². The summed E-state index contributed by atoms with van der Waals surface area (Å²) in [5.74, 6) is 0. The van der Waals surface area contributed by atoms with Gasteiger partial charge in [-0.05, 0) is 23.8 Å². The first-order chi connectivity index (χ1) is 6.46. The average molecular weight is 194 g/mol. The summed E-state index contributed by atoms with van der Waals surface area (Å²) in [5.41, 5.74) is 1.65. The van der Waals surface area contributed by atoms with Crippen LogP contribution in [0.15, 0.2) is 11.6 Å². The van der Waals surface area contributed by atoms with E-state index in [9.17, 15) is 5.11 Å². The number of aliphatic hydroxyl groups is 1. The van der Waals surface area contributed by atoms with Gasteiger partial charge in [0.05, 0.1) is 6.10 Å². The molecule has 0 spiro atoms. The van der Waals surface area contributed by atoms with Crippen molar-refractivity contribution in [3.63, 3.8) is 0 Å². The smallest absolute Gasteiger partial charge is 0.0812 e. The quantitative estimate of drug-likeness (QED) is 0.669. The van der Waals surface area contributed by atoms with Gasteiger partial charge in [0.2, 0.25) is 0 Å². The van der Waals surface area contributed by atoms with Crippen molar-refractivity contribution in [3.05, 3.63) is 11.6 Å². The fourth-order valence-corrected chi connectivity index (χ4v) is 2.79. The Labute approximate surface area is 87.2 Å². The van der Waals surface area contributed by atoms with Crippen molar-refractivity contribution in [2.75, 3.05) is 0 Å². The fraction of sp³-hybridized carbons (Fsp3) is 0.846. The Bertz CT molecular complexity index is 256. The largest absolute Gasteiger partial charge is 0.388 e. The minimum absolute atomic E-state index is 0.165. The van der Waals surface area contributed by atoms with Gasteiger partial charge >= 0.3 is 0 Å². The molecule has 1 fully saturated rings. The second kappa shape index (κ2) is 3.10. The first-order valence-electron chi connectivity index (χ1n) is 5.87. The second-order valence-corrected chi connectivity index (χ2v) is 5.94. The van der Waals surface area contributed by atoms with Crippen LogP contribution >= 0.6 is 0 Å². The van der Waals surface area contributed by atoms with E-state index in [0.717, 1.165) is 0 Å². The SMILES string of the molecule is CC1(C)C=C1C(O)C1(C)CCCCC1. The van der Waals surface area contributed by atoms with Gasteiger partial charge in [-0.3, -0.25) is 0 Å². The Morgan fingerprint density at radius 3 is 2.07 bits per heavy atom. The molecule has 0 aliphatic heterocycles. The maximum absolute atomic E-state index is 10.3. The van der Waals surface area contributed by atoms with Crippen molar-refractivity contribution >= 4 is 0 Å². The van der Waals surface area contributed by atoms with Crippen molar-refractivity contribution in [3.8, 4) is 0 Å². The van der Waals surface area contributed by atoms with Gasteiger partial charge in [-0.25, -0.2) is 0 Å². The minimum atomic E-state index is -0.183. The van der Waals surface area contributed by atoms with E-state index < -0.39 is 0 Å². The topological polar surface area (TPSA) is 20.2 Å². The molecule has 0 radical (unpaired) electrons. The van der Waals surface area contributed by atoms with Crippen molar-refractivity contribution < 1.29 is 5.11 Å². The summed E-state index contributed by atoms with van der Waals surface area (Å²) in [6.07, 6.45) is 8.37. The molecule has 0 aromatic heterocycles. The van der Waals surface area contributed by atoms with Crippen molar-refractivity contribution in [1.29, 1.82) is 0 Å². The summed E-state index contributed by atoms with van der Waals surface area (Å²) in [6.45, 7) is 6.64. The van der Waals surface area contributed by atoms with Crippen LogP contribution in [0.4, 0.5) is 0 Å². The van der Waals surface area contributed by atoms with Crippen LogP contribution in [0.3, 0.4) is 0 Å². The van der Waals surface area contributed by atoms with E-state index >= 15 is 0 Å². The van der Waals surface area contributed by atoms with Gasteiger partial charge in [-0.15, -0.1) is 0 Å². The number of rotatable bonds is 2. The fourth-order valence-electron chi connectivity index (χ4n) is 2.79. The Kier molecular flexibility index (Phi) is 2.26. The predicted octanol–water partition coefficient (Wildman–Crippen LogP) is 3.28. The lowest BCUT2D eigenvalue weighted by atomic mass is 9.70. The highest BCUT2D eigenvalue weighted by molar-refractivity contribution is 5.40. The zero-order valence-corrected chi connectivity index (χ0v) is 9.64. The van der Waals surface area contributed by atoms with Crippen LogP contribution in [0, 0.1) is 10.8 Å². The van der Waals surface area contributed by atoms with Crippen LogP contribution in [-0.2, 0) is 0 Å². The van der Waals surface area contributed by atoms with Crippen molar-refractivity contribution in [1.82, 2.24) is 0 Å². The van der Waals surface area contributed by atoms with Crippen LogP contribution in [0.5, 0.6) is 0 Å². The molecule has 2 rings (SSSR count). The summed E-state index contributed by atoms with van der Waals surface area (Å²) >= 11 is 0. The molecule has 1 atom stereocenters. The molecule has 2 aliphatic carbocycles. The Morgan fingerprint density at radius 2 is 1.64 bits per heavy atom. The lowest BCUT2D eigenvalue weighted by Gasteiger charge is -2.38. The minimum Gasteiger partial charge on any atom is -0.388 e. The van der Waals surface area contributed by atoms with Gasteiger partial charge in [0.15, 0.2) is 0 Å². The zero-order chi connectivity index (χ0) is 10.4. The van der Waals surface area contributed by atoms with E-state index in [0.29, 0.717) is 0 Å². The number of aliphatic hydroxyl groups excluding tert-OH is 1. The molecule has 1 saturated carbocycles. The summed E-state index contributed by atoms with van der Waals surface area (Å²) in [7, 11) is 0. The maximum Gasteiger partial charge on any atom is 0.0812 e. The lowest BCUT2D eigenvalue weighted by Crippen LogP contribution is -2.35. The first kappa shape index (κ1) is 10.2. The molecule has 14 heavy (non-hydrogen) atoms. The van der Waals surface area contributed by atoms with E-state index in [4.69, 9.17) is 0 Å². The molecule has 2 aliphatic rings. The molecular formula is C13H22O. The Balaban J connectivity index is 2.03. The molecule has 1 nitrogen and oxygen atoms in total. The maximum atomic E-state index is 10.3. The molecule has 0 bridgehead atoms. The molecule has 0 aromatic carbocycles. The molecule has 1 unspecified atom stereocenters. The van der Waals surface area contributed by atoms with Crippen molar-refractivity contribution in [2.24, 2.45) is 10.8 Å². The Hall–Kier alpha value is -0.300. The van der Waals surface area contributed by atoms with Crippen LogP contribution in [0.1, 0.15) is 52.9 Å². The highest BCUT2D eigenvalue weighted by atomic mass is 16.3. The van der Waals surface area contributed by atoms with E-state index in [1.165, 1.54) is 37.7 Å². The first-order valence-corrected chi connectivity index (χ1v) is 5.87. The standard InChI is InChI=1S/C13H22O/c1-12(2)9-10(12)11(14)13(3)7-5-4-6-8-13/h9,11,14H,4-8H2,1-3H3. The molecule has 1 N–H and O–H groups in total. The van der Waals surface area contributed by atoms with Gasteiger partial charge in [0.25, 0.3) is 0 Å². The van der Waals surface area contributed by atoms with Gasteiger partial charge in [0.1, 0.15) is 0 Å². The monoisotopic (exact) mass is 194 g/mol. The molecule has 0 amide bonds. The highest BCUT2D eigenvalue weighted by Gasteiger charge is 2.46. The number of hydrogen-bond donors (Lipinski definition) is 1. The van der Waals surface area contributed by atoms with Gasteiger partial charge in [-0.1, -0.05) is 46.1 Å². The third-order valence-electron chi connectivity index (χ3n) is 4.13. The summed E-state index contributed by atoms with van der Waals surface area (Å²) in [6, 6.07) is 0. The van der Waals surface area contributed by atoms with Crippen LogP contribution in [0.25, 0.3) is 0 Å². The summed E-state index contributed by atoms with van der Waals surface area (Å²) in [5, 5.41) is 10.3. The van der Waals surface area contributed by atoms with E-state index in [2.05, 4.69) is 26.8 Å². The van der Waals surface area contributed by atoms with Crippen LogP contribution < -0.4 is 0 Å². The predicted molar refractivity (Wildman–Crippen MR) is 59.1 cm³/mol. The zero-order valence-electron chi connectivity index (χ0n) is 9.64. The van der Waals surface area contributed by atoms with E-state index in [-0.39, 0.29) is 16.9 Å². The van der Waals surface area contributed by atoms with Gasteiger partial charge in [-0.2, -0.15) is 0 Å². The average Bonchev–Trinajstić information content (AvgIpc) is 2.75. The van der Waals surface area contributed by atoms with Gasteiger partial charge < -0.3 is 5.11 Å². The van der Waals surface area contributed by atoms with E-state index in [1.54, 1.807) is 0 Å². The molecule has 1 heteroatoms. The number of allylic oxidation sites excluding steroid dienone is 1. The summed E-state index contributed by atoms with van der Waals surface area (Å²) < 4.78 is 0. The third kappa shape index (κ3) is 1.63. The normalized spacial score (nSPS) is 30.7. The van der Waals surface area contributed by atoms with E-state index in [1.807, 2.05) is 0 Å². The third-order valence-corrected chi connectivity index (χ3v) is 4.13. The molecule has 0 heterocycles. The summed E-state index contributed by atoms with van der Waals surface area (Å²) in [4.78, 5) is 0. The molecular weight excluding hydrogens is 172 g/mol. The molecule has 0 saturated heterocycles. The second-order valence-electron chi connectivity index (χ2n) is 5.94. The highest BCUT2D eigenvalue weighted by Crippen LogP contribution is 2.52. The Morgan fingerprint density at radius 1 is 1.14 bits per heavy atom. The number of hydrogen-bond acceptors (Lipinski definition) is 1. The van der Waals surface area contributed by atoms with Crippen LogP contribution in [-0.4, -0.2) is 11.2 Å². The van der Waals surface area contributed by atoms with Crippen LogP contribution in [0.2, 0.25) is 0 Å². The van der Waals surface area contributed by atoms with Crippen molar-refractivity contribution in [2.45, 2.75) is 59.0 Å². The molecule has 0 aromatic rings.